The van der Waals surface area contributed by atoms with Crippen LogP contribution in [0.25, 0.3) is 0 Å². The molecule has 32 heavy (non-hydrogen) atoms. The zero-order chi connectivity index (χ0) is 23.0. The third-order valence-electron chi connectivity index (χ3n) is 6.55. The molecule has 0 saturated carbocycles. The molecule has 6 nitrogen and oxygen atoms in total. The Morgan fingerprint density at radius 2 is 1.88 bits per heavy atom. The highest BCUT2D eigenvalue weighted by atomic mass is 35.5. The minimum atomic E-state index is -0.675. The van der Waals surface area contributed by atoms with E-state index >= 15 is 0 Å². The molecule has 2 fully saturated rings. The Balaban J connectivity index is 1.47. The van der Waals surface area contributed by atoms with Gasteiger partial charge in [0.25, 0.3) is 5.91 Å². The van der Waals surface area contributed by atoms with Crippen molar-refractivity contribution < 1.29 is 14.0 Å². The van der Waals surface area contributed by atoms with Gasteiger partial charge in [-0.2, -0.15) is 5.26 Å². The van der Waals surface area contributed by atoms with Crippen LogP contribution < -0.4 is 5.73 Å². The standard InChI is InChI=1S/C24H24ClFN4O2/c1-14-2-4-16(7-20(14)25)22(8-23(28)31)29-10-17-12-30(13-18(17)11-29)24(32)19-5-3-15(9-27)6-21(19)26/h2-7,17-18,22H,8,10-13H2,1H3,(H2,28,31). The van der Waals surface area contributed by atoms with Crippen LogP contribution in [0.2, 0.25) is 5.02 Å². The number of hydrogen-bond acceptors (Lipinski definition) is 4. The van der Waals surface area contributed by atoms with Crippen LogP contribution in [0.1, 0.15) is 39.5 Å². The first-order valence-corrected chi connectivity index (χ1v) is 10.9. The van der Waals surface area contributed by atoms with Gasteiger partial charge in [0.15, 0.2) is 0 Å². The molecule has 2 aliphatic heterocycles. The van der Waals surface area contributed by atoms with Crippen molar-refractivity contribution >= 4 is 23.4 Å². The first-order valence-electron chi connectivity index (χ1n) is 10.5. The van der Waals surface area contributed by atoms with E-state index in [0.29, 0.717) is 31.2 Å². The maximum absolute atomic E-state index is 14.3. The van der Waals surface area contributed by atoms with Crippen molar-refractivity contribution in [2.24, 2.45) is 17.6 Å². The highest BCUT2D eigenvalue weighted by Crippen LogP contribution is 2.38. The molecule has 8 heteroatoms. The predicted octanol–water partition coefficient (Wildman–Crippen LogP) is 3.28. The zero-order valence-electron chi connectivity index (χ0n) is 17.7. The van der Waals surface area contributed by atoms with E-state index in [1.807, 2.05) is 31.2 Å². The summed E-state index contributed by atoms with van der Waals surface area (Å²) in [6.07, 6.45) is 0.192. The maximum Gasteiger partial charge on any atom is 0.256 e. The summed E-state index contributed by atoms with van der Waals surface area (Å²) in [7, 11) is 0. The van der Waals surface area contributed by atoms with Crippen molar-refractivity contribution in [2.45, 2.75) is 19.4 Å². The summed E-state index contributed by atoms with van der Waals surface area (Å²) in [6, 6.07) is 11.4. The number of aryl methyl sites for hydroxylation is 1. The molecule has 2 N–H and O–H groups in total. The fourth-order valence-electron chi connectivity index (χ4n) is 4.84. The van der Waals surface area contributed by atoms with Crippen molar-refractivity contribution in [3.05, 3.63) is 69.5 Å². The molecular formula is C24H24ClFN4O2. The van der Waals surface area contributed by atoms with Gasteiger partial charge in [0.05, 0.1) is 17.2 Å². The number of benzene rings is 2. The summed E-state index contributed by atoms with van der Waals surface area (Å²) in [5.74, 6) is -0.942. The largest absolute Gasteiger partial charge is 0.370 e. The molecule has 166 valence electrons. The van der Waals surface area contributed by atoms with E-state index in [2.05, 4.69) is 4.90 Å². The highest BCUT2D eigenvalue weighted by Gasteiger charge is 2.44. The molecule has 0 bridgehead atoms. The SMILES string of the molecule is Cc1ccc(C(CC(N)=O)N2CC3CN(C(=O)c4ccc(C#N)cc4F)CC3C2)cc1Cl. The van der Waals surface area contributed by atoms with Gasteiger partial charge in [-0.05, 0) is 54.2 Å². The number of hydrogen-bond donors (Lipinski definition) is 1. The fraction of sp³-hybridized carbons (Fsp3) is 0.375. The molecule has 2 saturated heterocycles. The molecule has 0 radical (unpaired) electrons. The molecule has 2 aromatic rings. The van der Waals surface area contributed by atoms with Gasteiger partial charge in [0.2, 0.25) is 5.91 Å². The monoisotopic (exact) mass is 454 g/mol. The van der Waals surface area contributed by atoms with E-state index in [0.717, 1.165) is 17.2 Å². The van der Waals surface area contributed by atoms with Crippen molar-refractivity contribution in [1.29, 1.82) is 5.26 Å². The Morgan fingerprint density at radius 1 is 1.19 bits per heavy atom. The number of fused-ring (bicyclic) bond motifs is 1. The van der Waals surface area contributed by atoms with Gasteiger partial charge in [-0.25, -0.2) is 4.39 Å². The molecule has 2 aliphatic rings. The van der Waals surface area contributed by atoms with Crippen LogP contribution in [0.5, 0.6) is 0 Å². The van der Waals surface area contributed by atoms with Crippen molar-refractivity contribution in [1.82, 2.24) is 9.80 Å². The lowest BCUT2D eigenvalue weighted by molar-refractivity contribution is -0.119. The van der Waals surface area contributed by atoms with Gasteiger partial charge in [0, 0.05) is 43.7 Å². The minimum absolute atomic E-state index is 0.0123. The van der Waals surface area contributed by atoms with Gasteiger partial charge in [-0.15, -0.1) is 0 Å². The third-order valence-corrected chi connectivity index (χ3v) is 6.95. The van der Waals surface area contributed by atoms with E-state index in [4.69, 9.17) is 22.6 Å². The van der Waals surface area contributed by atoms with Gasteiger partial charge in [-0.3, -0.25) is 14.5 Å². The smallest absolute Gasteiger partial charge is 0.256 e. The second-order valence-corrected chi connectivity index (χ2v) is 9.09. The second-order valence-electron chi connectivity index (χ2n) is 8.69. The first-order chi connectivity index (χ1) is 15.3. The van der Waals surface area contributed by atoms with E-state index in [1.165, 1.54) is 12.1 Å². The van der Waals surface area contributed by atoms with Crippen molar-refractivity contribution in [3.8, 4) is 6.07 Å². The summed E-state index contributed by atoms with van der Waals surface area (Å²) in [4.78, 5) is 28.6. The lowest BCUT2D eigenvalue weighted by Gasteiger charge is -2.29. The van der Waals surface area contributed by atoms with E-state index < -0.39 is 5.82 Å². The van der Waals surface area contributed by atoms with Crippen molar-refractivity contribution in [2.75, 3.05) is 26.2 Å². The third kappa shape index (κ3) is 4.34. The number of likely N-dealkylation sites (tertiary alicyclic amines) is 2. The van der Waals surface area contributed by atoms with Gasteiger partial charge >= 0.3 is 0 Å². The average molecular weight is 455 g/mol. The summed E-state index contributed by atoms with van der Waals surface area (Å²) < 4.78 is 14.3. The summed E-state index contributed by atoms with van der Waals surface area (Å²) in [5, 5.41) is 9.54. The Labute approximate surface area is 191 Å². The quantitative estimate of drug-likeness (QED) is 0.750. The van der Waals surface area contributed by atoms with Crippen LogP contribution in [-0.4, -0.2) is 47.8 Å². The van der Waals surface area contributed by atoms with E-state index in [-0.39, 0.29) is 47.2 Å². The van der Waals surface area contributed by atoms with Crippen LogP contribution in [0.15, 0.2) is 36.4 Å². The number of primary amides is 1. The lowest BCUT2D eigenvalue weighted by Crippen LogP contribution is -2.36. The van der Waals surface area contributed by atoms with E-state index in [1.54, 1.807) is 4.90 Å². The summed E-state index contributed by atoms with van der Waals surface area (Å²) in [6.45, 7) is 4.41. The van der Waals surface area contributed by atoms with Gasteiger partial charge in [-0.1, -0.05) is 23.7 Å². The van der Waals surface area contributed by atoms with E-state index in [9.17, 15) is 14.0 Å². The molecular weight excluding hydrogens is 431 g/mol. The molecule has 2 heterocycles. The molecule has 0 spiro atoms. The normalized spacial score (nSPS) is 21.2. The molecule has 2 aromatic carbocycles. The van der Waals surface area contributed by atoms with Crippen molar-refractivity contribution in [3.63, 3.8) is 0 Å². The summed E-state index contributed by atoms with van der Waals surface area (Å²) >= 11 is 6.31. The lowest BCUT2D eigenvalue weighted by atomic mass is 10.0. The maximum atomic E-state index is 14.3. The number of carbonyl (C=O) groups excluding carboxylic acids is 2. The molecule has 4 rings (SSSR count). The number of rotatable bonds is 5. The summed E-state index contributed by atoms with van der Waals surface area (Å²) in [5.41, 5.74) is 7.63. The number of nitrogens with two attached hydrogens (primary N) is 1. The number of carbonyl (C=O) groups is 2. The predicted molar refractivity (Wildman–Crippen MR) is 118 cm³/mol. The van der Waals surface area contributed by atoms with Crippen LogP contribution >= 0.6 is 11.6 Å². The Hall–Kier alpha value is -2.95. The topological polar surface area (TPSA) is 90.4 Å². The zero-order valence-corrected chi connectivity index (χ0v) is 18.5. The van der Waals surface area contributed by atoms with Gasteiger partial charge in [0.1, 0.15) is 5.82 Å². The van der Waals surface area contributed by atoms with Gasteiger partial charge < -0.3 is 10.6 Å². The Bertz CT molecular complexity index is 1100. The number of nitriles is 1. The Kier molecular flexibility index (Phi) is 6.18. The Morgan fingerprint density at radius 3 is 2.44 bits per heavy atom. The minimum Gasteiger partial charge on any atom is -0.370 e. The van der Waals surface area contributed by atoms with Crippen LogP contribution in [0, 0.1) is 35.9 Å². The number of amides is 2. The molecule has 3 atom stereocenters. The molecule has 0 aliphatic carbocycles. The molecule has 3 unspecified atom stereocenters. The van der Waals surface area contributed by atoms with Crippen LogP contribution in [-0.2, 0) is 4.79 Å². The molecule has 2 amide bonds. The second kappa shape index (κ2) is 8.89. The first kappa shape index (κ1) is 22.3. The average Bonchev–Trinajstić information content (AvgIpc) is 3.32. The number of nitrogens with zero attached hydrogens (tertiary/aromatic N) is 3. The number of halogens is 2. The van der Waals surface area contributed by atoms with Crippen LogP contribution in [0.3, 0.4) is 0 Å². The molecule has 0 aromatic heterocycles. The fourth-order valence-corrected chi connectivity index (χ4v) is 5.03. The van der Waals surface area contributed by atoms with Crippen LogP contribution in [0.4, 0.5) is 4.39 Å². The highest BCUT2D eigenvalue weighted by molar-refractivity contribution is 6.31.